The van der Waals surface area contributed by atoms with Gasteiger partial charge in [0.1, 0.15) is 11.5 Å². The fourth-order valence-electron chi connectivity index (χ4n) is 1.87. The van der Waals surface area contributed by atoms with Crippen molar-refractivity contribution in [1.82, 2.24) is 5.32 Å². The molecule has 0 radical (unpaired) electrons. The number of carbonyl (C=O) groups excluding carboxylic acids is 1. The van der Waals surface area contributed by atoms with Gasteiger partial charge in [0.25, 0.3) is 5.69 Å². The van der Waals surface area contributed by atoms with Gasteiger partial charge in [-0.2, -0.15) is 0 Å². The first-order valence-corrected chi connectivity index (χ1v) is 7.37. The van der Waals surface area contributed by atoms with E-state index in [9.17, 15) is 14.9 Å². The van der Waals surface area contributed by atoms with E-state index in [0.717, 1.165) is 11.3 Å². The molecule has 0 aliphatic rings. The Morgan fingerprint density at radius 2 is 2.04 bits per heavy atom. The minimum absolute atomic E-state index is 0.0453. The summed E-state index contributed by atoms with van der Waals surface area (Å²) >= 11 is 5.05. The Balaban J connectivity index is 1.97. The highest BCUT2D eigenvalue weighted by Gasteiger charge is 2.10. The summed E-state index contributed by atoms with van der Waals surface area (Å²) in [7, 11) is 0. The summed E-state index contributed by atoms with van der Waals surface area (Å²) in [5.74, 6) is 0.856. The van der Waals surface area contributed by atoms with Crippen molar-refractivity contribution in [2.45, 2.75) is 13.8 Å². The van der Waals surface area contributed by atoms with Crippen LogP contribution in [-0.2, 0) is 4.79 Å². The summed E-state index contributed by atoms with van der Waals surface area (Å²) < 4.78 is 5.31. The summed E-state index contributed by atoms with van der Waals surface area (Å²) in [5, 5.41) is 16.1. The average molecular weight is 345 g/mol. The molecule has 0 saturated heterocycles. The molecule has 0 unspecified atom stereocenters. The number of anilines is 1. The van der Waals surface area contributed by atoms with E-state index in [1.165, 1.54) is 24.3 Å². The highest BCUT2D eigenvalue weighted by molar-refractivity contribution is 7.80. The Morgan fingerprint density at radius 3 is 2.67 bits per heavy atom. The molecule has 1 aromatic heterocycles. The van der Waals surface area contributed by atoms with Crippen molar-refractivity contribution in [3.63, 3.8) is 0 Å². The van der Waals surface area contributed by atoms with Gasteiger partial charge in [-0.3, -0.25) is 20.2 Å². The molecule has 2 N–H and O–H groups in total. The molecule has 0 fully saturated rings. The number of amides is 1. The van der Waals surface area contributed by atoms with Crippen LogP contribution in [0.15, 0.2) is 40.8 Å². The number of non-ortho nitro benzene ring substituents is 1. The highest BCUT2D eigenvalue weighted by Crippen LogP contribution is 2.21. The normalized spacial score (nSPS) is 10.6. The lowest BCUT2D eigenvalue weighted by atomic mass is 10.2. The molecule has 7 nitrogen and oxygen atoms in total. The van der Waals surface area contributed by atoms with Gasteiger partial charge in [-0.05, 0) is 49.8 Å². The number of benzene rings is 1. The number of nitro groups is 1. The zero-order valence-electron chi connectivity index (χ0n) is 13.0. The van der Waals surface area contributed by atoms with Crippen LogP contribution in [0.5, 0.6) is 0 Å². The van der Waals surface area contributed by atoms with Crippen LogP contribution in [0.2, 0.25) is 0 Å². The average Bonchev–Trinajstić information content (AvgIpc) is 2.92. The second kappa shape index (κ2) is 7.51. The maximum Gasteiger partial charge on any atom is 0.271 e. The van der Waals surface area contributed by atoms with Crippen LogP contribution in [0.1, 0.15) is 17.1 Å². The molecule has 0 atom stereocenters. The molecule has 2 aromatic rings. The number of nitrogens with zero attached hydrogens (tertiary/aromatic N) is 1. The molecule has 0 aliphatic heterocycles. The molecule has 0 spiro atoms. The first-order valence-electron chi connectivity index (χ1n) is 6.96. The van der Waals surface area contributed by atoms with Gasteiger partial charge < -0.3 is 9.73 Å². The van der Waals surface area contributed by atoms with Crippen molar-refractivity contribution in [2.75, 3.05) is 5.32 Å². The molecular weight excluding hydrogens is 330 g/mol. The smallest absolute Gasteiger partial charge is 0.271 e. The molecule has 8 heteroatoms. The van der Waals surface area contributed by atoms with E-state index >= 15 is 0 Å². The van der Waals surface area contributed by atoms with Gasteiger partial charge in [0.05, 0.1) is 4.92 Å². The fraction of sp³-hybridized carbons (Fsp3) is 0.125. The molecule has 1 aromatic carbocycles. The lowest BCUT2D eigenvalue weighted by Gasteiger charge is -2.10. The first kappa shape index (κ1) is 17.4. The van der Waals surface area contributed by atoms with Gasteiger partial charge in [0, 0.05) is 23.9 Å². The zero-order chi connectivity index (χ0) is 17.7. The van der Waals surface area contributed by atoms with Crippen molar-refractivity contribution in [3.8, 4) is 0 Å². The lowest BCUT2D eigenvalue weighted by molar-refractivity contribution is -0.384. The monoisotopic (exact) mass is 345 g/mol. The van der Waals surface area contributed by atoms with Crippen molar-refractivity contribution >= 4 is 40.7 Å². The summed E-state index contributed by atoms with van der Waals surface area (Å²) in [4.78, 5) is 22.1. The second-order valence-corrected chi connectivity index (χ2v) is 5.39. The number of carbonyl (C=O) groups is 1. The van der Waals surface area contributed by atoms with E-state index in [1.54, 1.807) is 32.0 Å². The highest BCUT2D eigenvalue weighted by atomic mass is 32.1. The van der Waals surface area contributed by atoms with Crippen molar-refractivity contribution < 1.29 is 14.1 Å². The lowest BCUT2D eigenvalue weighted by Crippen LogP contribution is -2.33. The maximum atomic E-state index is 11.8. The van der Waals surface area contributed by atoms with Gasteiger partial charge in [0.2, 0.25) is 5.91 Å². The standard InChI is InChI=1S/C16H15N3O4S/c1-10-3-5-12(19(21)22)9-14(10)17-16(24)18-15(20)8-7-13-6-4-11(2)23-13/h3-9H,1-2H3,(H2,17,18,20,24). The number of hydrogen-bond acceptors (Lipinski definition) is 5. The number of thiocarbonyl (C=S) groups is 1. The molecule has 0 aliphatic carbocycles. The van der Waals surface area contributed by atoms with Crippen molar-refractivity contribution in [3.05, 3.63) is 63.6 Å². The fourth-order valence-corrected chi connectivity index (χ4v) is 2.08. The third-order valence-electron chi connectivity index (χ3n) is 3.08. The molecule has 2 rings (SSSR count). The Labute approximate surface area is 143 Å². The number of nitro benzene ring substituents is 1. The summed E-state index contributed by atoms with van der Waals surface area (Å²) in [6, 6.07) is 7.88. The quantitative estimate of drug-likeness (QED) is 0.382. The molecular formula is C16H15N3O4S. The third kappa shape index (κ3) is 4.75. The van der Waals surface area contributed by atoms with Crippen LogP contribution >= 0.6 is 12.2 Å². The third-order valence-corrected chi connectivity index (χ3v) is 3.28. The van der Waals surface area contributed by atoms with Crippen molar-refractivity contribution in [2.24, 2.45) is 0 Å². The van der Waals surface area contributed by atoms with Gasteiger partial charge in [-0.25, -0.2) is 0 Å². The molecule has 0 bridgehead atoms. The van der Waals surface area contributed by atoms with E-state index < -0.39 is 10.8 Å². The Kier molecular flexibility index (Phi) is 5.43. The molecule has 0 saturated carbocycles. The van der Waals surface area contributed by atoms with Crippen LogP contribution in [0, 0.1) is 24.0 Å². The maximum absolute atomic E-state index is 11.8. The summed E-state index contributed by atoms with van der Waals surface area (Å²) in [6.07, 6.45) is 2.80. The summed E-state index contributed by atoms with van der Waals surface area (Å²) in [5.41, 5.74) is 1.16. The van der Waals surface area contributed by atoms with Crippen molar-refractivity contribution in [1.29, 1.82) is 0 Å². The van der Waals surface area contributed by atoms with E-state index in [2.05, 4.69) is 10.6 Å². The largest absolute Gasteiger partial charge is 0.462 e. The van der Waals surface area contributed by atoms with Crippen LogP contribution < -0.4 is 10.6 Å². The minimum atomic E-state index is -0.500. The SMILES string of the molecule is Cc1ccc(C=CC(=O)NC(=S)Nc2cc([N+](=O)[O-])ccc2C)o1. The van der Waals surface area contributed by atoms with Crippen LogP contribution in [0.4, 0.5) is 11.4 Å². The second-order valence-electron chi connectivity index (χ2n) is 4.98. The first-order chi connectivity index (χ1) is 11.3. The number of aryl methyl sites for hydroxylation is 2. The molecule has 124 valence electrons. The van der Waals surface area contributed by atoms with E-state index in [4.69, 9.17) is 16.6 Å². The Hall–Kier alpha value is -3.00. The van der Waals surface area contributed by atoms with Crippen LogP contribution in [0.25, 0.3) is 6.08 Å². The predicted octanol–water partition coefficient (Wildman–Crippen LogP) is 3.33. The Bertz CT molecular complexity index is 826. The number of furan rings is 1. The Morgan fingerprint density at radius 1 is 1.29 bits per heavy atom. The predicted molar refractivity (Wildman–Crippen MR) is 94.7 cm³/mol. The topological polar surface area (TPSA) is 97.4 Å². The zero-order valence-corrected chi connectivity index (χ0v) is 13.8. The van der Waals surface area contributed by atoms with E-state index in [0.29, 0.717) is 11.4 Å². The molecule has 24 heavy (non-hydrogen) atoms. The number of nitrogens with one attached hydrogen (secondary N) is 2. The van der Waals surface area contributed by atoms with Gasteiger partial charge in [-0.1, -0.05) is 6.07 Å². The molecule has 1 amide bonds. The number of hydrogen-bond donors (Lipinski definition) is 2. The van der Waals surface area contributed by atoms with Crippen LogP contribution in [-0.4, -0.2) is 15.9 Å². The van der Waals surface area contributed by atoms with E-state index in [-0.39, 0.29) is 10.8 Å². The van der Waals surface area contributed by atoms with Gasteiger partial charge in [0.15, 0.2) is 5.11 Å². The molecule has 1 heterocycles. The number of rotatable bonds is 4. The van der Waals surface area contributed by atoms with Crippen LogP contribution in [0.3, 0.4) is 0 Å². The van der Waals surface area contributed by atoms with Gasteiger partial charge in [-0.15, -0.1) is 0 Å². The van der Waals surface area contributed by atoms with Gasteiger partial charge >= 0.3 is 0 Å². The summed E-state index contributed by atoms with van der Waals surface area (Å²) in [6.45, 7) is 3.58. The minimum Gasteiger partial charge on any atom is -0.462 e. The van der Waals surface area contributed by atoms with E-state index in [1.807, 2.05) is 0 Å².